The van der Waals surface area contributed by atoms with Crippen LogP contribution in [0.5, 0.6) is 0 Å². The molecule has 292 valence electrons. The molecule has 0 spiro atoms. The van der Waals surface area contributed by atoms with Crippen molar-refractivity contribution in [1.82, 2.24) is 5.32 Å². The number of hydrogen-bond donors (Lipinski definition) is 2. The van der Waals surface area contributed by atoms with Crippen LogP contribution in [0, 0.1) is 0 Å². The van der Waals surface area contributed by atoms with Crippen molar-refractivity contribution in [3.05, 3.63) is 71.8 Å². The van der Waals surface area contributed by atoms with Crippen LogP contribution in [0.15, 0.2) is 60.7 Å². The monoisotopic (exact) mass is 739 g/mol. The van der Waals surface area contributed by atoms with Crippen molar-refractivity contribution in [2.45, 2.75) is 167 Å². The Morgan fingerprint density at radius 1 is 0.635 bits per heavy atom. The van der Waals surface area contributed by atoms with E-state index in [0.29, 0.717) is 30.8 Å². The van der Waals surface area contributed by atoms with Gasteiger partial charge >= 0.3 is 11.9 Å². The molecular formula is C44H70N2O5S. The highest BCUT2D eigenvalue weighted by molar-refractivity contribution is 7.99. The molecule has 3 atom stereocenters. The Balaban J connectivity index is 1.82. The van der Waals surface area contributed by atoms with Crippen molar-refractivity contribution in [3.8, 4) is 0 Å². The van der Waals surface area contributed by atoms with E-state index in [4.69, 9.17) is 15.2 Å². The quantitative estimate of drug-likeness (QED) is 0.0568. The summed E-state index contributed by atoms with van der Waals surface area (Å²) in [5.41, 5.74) is 8.52. The van der Waals surface area contributed by atoms with Crippen molar-refractivity contribution >= 4 is 29.6 Å². The highest BCUT2D eigenvalue weighted by Crippen LogP contribution is 2.20. The molecule has 0 fully saturated rings. The van der Waals surface area contributed by atoms with E-state index in [1.165, 1.54) is 88.8 Å². The molecule has 0 saturated carbocycles. The van der Waals surface area contributed by atoms with Crippen molar-refractivity contribution in [2.24, 2.45) is 5.73 Å². The summed E-state index contributed by atoms with van der Waals surface area (Å²) >= 11 is 1.44. The third-order valence-corrected chi connectivity index (χ3v) is 10.6. The lowest BCUT2D eigenvalue weighted by Gasteiger charge is -2.22. The van der Waals surface area contributed by atoms with E-state index >= 15 is 0 Å². The zero-order chi connectivity index (χ0) is 37.5. The SMILES string of the molecule is CCCCCCCCCCCC(=O)OC[C@H](CSC[C@@H](N)C(=O)NC(Cc1ccccc1)c1ccccc1)OC(=O)CCCCCCCCCCC. The second kappa shape index (κ2) is 30.6. The molecule has 0 aliphatic heterocycles. The van der Waals surface area contributed by atoms with Crippen LogP contribution in [0.4, 0.5) is 0 Å². The van der Waals surface area contributed by atoms with Crippen LogP contribution < -0.4 is 11.1 Å². The molecule has 2 aromatic carbocycles. The van der Waals surface area contributed by atoms with Crippen LogP contribution in [0.1, 0.15) is 159 Å². The fourth-order valence-corrected chi connectivity index (χ4v) is 7.22. The number of unbranched alkanes of at least 4 members (excludes halogenated alkanes) is 16. The first-order valence-corrected chi connectivity index (χ1v) is 21.7. The van der Waals surface area contributed by atoms with Gasteiger partial charge in [-0.1, -0.05) is 177 Å². The number of rotatable bonds is 32. The van der Waals surface area contributed by atoms with Gasteiger partial charge in [-0.15, -0.1) is 0 Å². The summed E-state index contributed by atoms with van der Waals surface area (Å²) in [6.45, 7) is 4.48. The van der Waals surface area contributed by atoms with Gasteiger partial charge in [0.05, 0.1) is 12.1 Å². The molecule has 2 aromatic rings. The van der Waals surface area contributed by atoms with E-state index in [1.54, 1.807) is 0 Å². The smallest absolute Gasteiger partial charge is 0.306 e. The van der Waals surface area contributed by atoms with E-state index in [2.05, 4.69) is 31.3 Å². The highest BCUT2D eigenvalue weighted by Gasteiger charge is 2.22. The molecule has 8 heteroatoms. The van der Waals surface area contributed by atoms with E-state index in [1.807, 2.05) is 48.5 Å². The van der Waals surface area contributed by atoms with E-state index < -0.39 is 12.1 Å². The summed E-state index contributed by atoms with van der Waals surface area (Å²) in [5, 5.41) is 3.15. The number of benzene rings is 2. The first-order chi connectivity index (χ1) is 25.4. The van der Waals surface area contributed by atoms with Gasteiger partial charge in [0.2, 0.25) is 5.91 Å². The number of esters is 2. The van der Waals surface area contributed by atoms with Crippen molar-refractivity contribution in [3.63, 3.8) is 0 Å². The molecule has 1 unspecified atom stereocenters. The third-order valence-electron chi connectivity index (χ3n) is 9.44. The maximum atomic E-state index is 13.3. The molecule has 1 amide bonds. The Morgan fingerprint density at radius 2 is 1.12 bits per heavy atom. The Labute approximate surface area is 320 Å². The van der Waals surface area contributed by atoms with Gasteiger partial charge in [0, 0.05) is 24.3 Å². The molecular weight excluding hydrogens is 669 g/mol. The molecule has 0 radical (unpaired) electrons. The number of carbonyl (C=O) groups excluding carboxylic acids is 3. The molecule has 0 bridgehead atoms. The highest BCUT2D eigenvalue weighted by atomic mass is 32.2. The standard InChI is InChI=1S/C44H70N2O5S/c1-3-5-7-9-11-13-15-17-25-31-42(47)50-34-39(51-43(48)32-26-18-16-14-12-10-8-6-4-2)35-52-36-40(45)44(49)46-41(38-29-23-20-24-30-38)33-37-27-21-19-22-28-37/h19-24,27-30,39-41H,3-18,25-26,31-36,45H2,1-2H3,(H,46,49)/t39-,40-,41?/m1/s1. The predicted octanol–water partition coefficient (Wildman–Crippen LogP) is 10.4. The normalized spacial score (nSPS) is 12.9. The molecule has 7 nitrogen and oxygen atoms in total. The van der Waals surface area contributed by atoms with Gasteiger partial charge < -0.3 is 20.5 Å². The Kier molecular flexibility index (Phi) is 26.7. The van der Waals surface area contributed by atoms with Gasteiger partial charge in [0.1, 0.15) is 12.7 Å². The number of nitrogens with one attached hydrogen (secondary N) is 1. The summed E-state index contributed by atoms with van der Waals surface area (Å²) < 4.78 is 11.4. The first kappa shape index (κ1) is 45.3. The number of nitrogens with two attached hydrogens (primary N) is 1. The molecule has 3 N–H and O–H groups in total. The topological polar surface area (TPSA) is 108 Å². The maximum absolute atomic E-state index is 13.3. The number of ether oxygens (including phenoxy) is 2. The number of hydrogen-bond acceptors (Lipinski definition) is 7. The summed E-state index contributed by atoms with van der Waals surface area (Å²) in [5.74, 6) is -0.0191. The summed E-state index contributed by atoms with van der Waals surface area (Å²) in [7, 11) is 0. The lowest BCUT2D eigenvalue weighted by atomic mass is 9.98. The van der Waals surface area contributed by atoms with Crippen LogP contribution in [0.25, 0.3) is 0 Å². The van der Waals surface area contributed by atoms with Gasteiger partial charge in [-0.05, 0) is 30.4 Å². The molecule has 0 heterocycles. The van der Waals surface area contributed by atoms with Gasteiger partial charge in [-0.3, -0.25) is 14.4 Å². The average molecular weight is 739 g/mol. The fraction of sp³-hybridized carbons (Fsp3) is 0.659. The van der Waals surface area contributed by atoms with Gasteiger partial charge in [-0.2, -0.15) is 11.8 Å². The molecule has 0 aliphatic carbocycles. The van der Waals surface area contributed by atoms with Gasteiger partial charge in [0.25, 0.3) is 0 Å². The molecule has 52 heavy (non-hydrogen) atoms. The van der Waals surface area contributed by atoms with Crippen LogP contribution in [0.2, 0.25) is 0 Å². The summed E-state index contributed by atoms with van der Waals surface area (Å²) in [6.07, 6.45) is 22.0. The first-order valence-electron chi connectivity index (χ1n) is 20.5. The number of carbonyl (C=O) groups is 3. The zero-order valence-electron chi connectivity index (χ0n) is 32.5. The Hall–Kier alpha value is -2.84. The van der Waals surface area contributed by atoms with Crippen molar-refractivity contribution < 1.29 is 23.9 Å². The zero-order valence-corrected chi connectivity index (χ0v) is 33.3. The minimum atomic E-state index is -0.750. The fourth-order valence-electron chi connectivity index (χ4n) is 6.25. The maximum Gasteiger partial charge on any atom is 0.306 e. The number of thioether (sulfide) groups is 1. The van der Waals surface area contributed by atoms with Crippen LogP contribution in [-0.2, 0) is 30.3 Å². The Morgan fingerprint density at radius 3 is 1.65 bits per heavy atom. The summed E-state index contributed by atoms with van der Waals surface area (Å²) in [4.78, 5) is 38.7. The molecule has 0 saturated heterocycles. The molecule has 0 aromatic heterocycles. The minimum Gasteiger partial charge on any atom is -0.462 e. The van der Waals surface area contributed by atoms with Gasteiger partial charge in [-0.25, -0.2) is 0 Å². The van der Waals surface area contributed by atoms with Crippen LogP contribution in [0.3, 0.4) is 0 Å². The number of amides is 1. The predicted molar refractivity (Wildman–Crippen MR) is 217 cm³/mol. The van der Waals surface area contributed by atoms with Crippen molar-refractivity contribution in [1.29, 1.82) is 0 Å². The molecule has 2 rings (SSSR count). The largest absolute Gasteiger partial charge is 0.462 e. The van der Waals surface area contributed by atoms with Crippen LogP contribution >= 0.6 is 11.8 Å². The average Bonchev–Trinajstić information content (AvgIpc) is 3.16. The second-order valence-electron chi connectivity index (χ2n) is 14.3. The van der Waals surface area contributed by atoms with Crippen molar-refractivity contribution in [2.75, 3.05) is 18.1 Å². The van der Waals surface area contributed by atoms with Gasteiger partial charge in [0.15, 0.2) is 0 Å². The summed E-state index contributed by atoms with van der Waals surface area (Å²) in [6, 6.07) is 19.0. The lowest BCUT2D eigenvalue weighted by Crippen LogP contribution is -2.44. The van der Waals surface area contributed by atoms with E-state index in [9.17, 15) is 14.4 Å². The van der Waals surface area contributed by atoms with Crippen LogP contribution in [-0.4, -0.2) is 48.1 Å². The second-order valence-corrected chi connectivity index (χ2v) is 15.3. The minimum absolute atomic E-state index is 0.0152. The molecule has 0 aliphatic rings. The van der Waals surface area contributed by atoms with E-state index in [-0.39, 0.29) is 30.5 Å². The van der Waals surface area contributed by atoms with E-state index in [0.717, 1.165) is 49.7 Å². The third kappa shape index (κ3) is 23.0. The lowest BCUT2D eigenvalue weighted by molar-refractivity contribution is -0.157. The Bertz CT molecular complexity index is 1180.